The lowest BCUT2D eigenvalue weighted by Gasteiger charge is -2.29. The lowest BCUT2D eigenvalue weighted by Crippen LogP contribution is -2.28. The van der Waals surface area contributed by atoms with Crippen molar-refractivity contribution in [3.8, 4) is 5.69 Å². The molecular weight excluding hydrogens is 314 g/mol. The van der Waals surface area contributed by atoms with Crippen LogP contribution in [0.3, 0.4) is 0 Å². The van der Waals surface area contributed by atoms with Gasteiger partial charge in [0.1, 0.15) is 0 Å². The van der Waals surface area contributed by atoms with Gasteiger partial charge < -0.3 is 5.73 Å². The van der Waals surface area contributed by atoms with E-state index in [9.17, 15) is 9.59 Å². The van der Waals surface area contributed by atoms with E-state index in [1.165, 1.54) is 0 Å². The zero-order valence-electron chi connectivity index (χ0n) is 15.3. The minimum atomic E-state index is -0.453. The summed E-state index contributed by atoms with van der Waals surface area (Å²) in [7, 11) is 0. The lowest BCUT2D eigenvalue weighted by molar-refractivity contribution is 0.0909. The summed E-state index contributed by atoms with van der Waals surface area (Å²) in [6.45, 7) is 8.49. The fourth-order valence-corrected chi connectivity index (χ4v) is 3.54. The van der Waals surface area contributed by atoms with Crippen molar-refractivity contribution < 1.29 is 9.59 Å². The van der Waals surface area contributed by atoms with Gasteiger partial charge in [0.2, 0.25) is 5.91 Å². The van der Waals surface area contributed by atoms with Crippen LogP contribution in [0.1, 0.15) is 66.2 Å². The summed E-state index contributed by atoms with van der Waals surface area (Å²) in [5.74, 6) is 0.153. The molecule has 0 unspecified atom stereocenters. The number of benzene rings is 1. The van der Waals surface area contributed by atoms with Gasteiger partial charge in [-0.3, -0.25) is 9.59 Å². The predicted octanol–water partition coefficient (Wildman–Crippen LogP) is 3.32. The molecule has 2 aromatic rings. The number of hydrogen-bond acceptors (Lipinski definition) is 3. The highest BCUT2D eigenvalue weighted by Crippen LogP contribution is 2.37. The molecule has 1 aromatic heterocycles. The molecule has 5 nitrogen and oxygen atoms in total. The Bertz CT molecular complexity index is 829. The largest absolute Gasteiger partial charge is 0.366 e. The number of carbonyl (C=O) groups is 2. The predicted molar refractivity (Wildman–Crippen MR) is 97.1 cm³/mol. The maximum absolute atomic E-state index is 12.8. The highest BCUT2D eigenvalue weighted by Gasteiger charge is 2.36. The highest BCUT2D eigenvalue weighted by atomic mass is 16.1. The summed E-state index contributed by atoms with van der Waals surface area (Å²) in [4.78, 5) is 24.1. The molecule has 0 bridgehead atoms. The van der Waals surface area contributed by atoms with Crippen LogP contribution in [0.5, 0.6) is 0 Å². The SMILES string of the molecule is CC(C)Cc1nn(-c2ccc(C(N)=O)cc2)c2c1C(=O)CC(C)(C)C2. The van der Waals surface area contributed by atoms with Crippen molar-refractivity contribution in [2.24, 2.45) is 17.1 Å². The van der Waals surface area contributed by atoms with Crippen molar-refractivity contribution in [3.63, 3.8) is 0 Å². The van der Waals surface area contributed by atoms with E-state index < -0.39 is 5.91 Å². The highest BCUT2D eigenvalue weighted by molar-refractivity contribution is 6.00. The number of rotatable bonds is 4. The topological polar surface area (TPSA) is 78.0 Å². The first-order valence-electron chi connectivity index (χ1n) is 8.72. The summed E-state index contributed by atoms with van der Waals surface area (Å²) in [6, 6.07) is 7.06. The van der Waals surface area contributed by atoms with Gasteiger partial charge in [0.05, 0.1) is 22.6 Å². The van der Waals surface area contributed by atoms with Gasteiger partial charge in [0.15, 0.2) is 5.78 Å². The molecule has 0 atom stereocenters. The minimum absolute atomic E-state index is 0.0792. The average Bonchev–Trinajstić information content (AvgIpc) is 2.83. The van der Waals surface area contributed by atoms with Crippen LogP contribution in [0.2, 0.25) is 0 Å². The van der Waals surface area contributed by atoms with Gasteiger partial charge in [-0.25, -0.2) is 4.68 Å². The molecule has 1 aliphatic rings. The van der Waals surface area contributed by atoms with Gasteiger partial charge >= 0.3 is 0 Å². The smallest absolute Gasteiger partial charge is 0.248 e. The van der Waals surface area contributed by atoms with Crippen LogP contribution in [-0.2, 0) is 12.8 Å². The van der Waals surface area contributed by atoms with E-state index in [0.717, 1.165) is 35.5 Å². The molecule has 2 N–H and O–H groups in total. The van der Waals surface area contributed by atoms with Crippen LogP contribution in [0.4, 0.5) is 0 Å². The third kappa shape index (κ3) is 3.36. The maximum Gasteiger partial charge on any atom is 0.248 e. The normalized spacial score (nSPS) is 16.1. The summed E-state index contributed by atoms with van der Waals surface area (Å²) >= 11 is 0. The number of carbonyl (C=O) groups excluding carboxylic acids is 2. The molecule has 25 heavy (non-hydrogen) atoms. The van der Waals surface area contributed by atoms with Crippen LogP contribution in [0.25, 0.3) is 5.69 Å². The zero-order chi connectivity index (χ0) is 18.4. The Morgan fingerprint density at radius 2 is 1.88 bits per heavy atom. The van der Waals surface area contributed by atoms with E-state index in [0.29, 0.717) is 17.9 Å². The molecule has 1 heterocycles. The Labute approximate surface area is 148 Å². The van der Waals surface area contributed by atoms with E-state index in [1.807, 2.05) is 16.8 Å². The summed E-state index contributed by atoms with van der Waals surface area (Å²) in [6.07, 6.45) is 2.13. The molecule has 0 aliphatic heterocycles. The molecular formula is C20H25N3O2. The molecule has 3 rings (SSSR count). The van der Waals surface area contributed by atoms with Gasteiger partial charge in [-0.15, -0.1) is 0 Å². The third-order valence-corrected chi connectivity index (χ3v) is 4.62. The van der Waals surface area contributed by atoms with Crippen LogP contribution < -0.4 is 5.73 Å². The molecule has 0 spiro atoms. The van der Waals surface area contributed by atoms with Gasteiger partial charge in [-0.05, 0) is 48.4 Å². The van der Waals surface area contributed by atoms with E-state index in [2.05, 4.69) is 27.7 Å². The minimum Gasteiger partial charge on any atom is -0.366 e. The Hall–Kier alpha value is -2.43. The molecule has 0 saturated heterocycles. The average molecular weight is 339 g/mol. The number of nitrogens with zero attached hydrogens (tertiary/aromatic N) is 2. The summed E-state index contributed by atoms with van der Waals surface area (Å²) < 4.78 is 1.87. The standard InChI is InChI=1S/C20H25N3O2/c1-12(2)9-15-18-16(10-20(3,4)11-17(18)24)23(22-15)14-7-5-13(6-8-14)19(21)25/h5-8,12H,9-11H2,1-4H3,(H2,21,25). The monoisotopic (exact) mass is 339 g/mol. The molecule has 132 valence electrons. The van der Waals surface area contributed by atoms with Crippen LogP contribution in [0, 0.1) is 11.3 Å². The number of aromatic nitrogens is 2. The Kier molecular flexibility index (Phi) is 4.27. The Morgan fingerprint density at radius 3 is 2.44 bits per heavy atom. The first-order chi connectivity index (χ1) is 11.7. The Morgan fingerprint density at radius 1 is 1.24 bits per heavy atom. The first-order valence-corrected chi connectivity index (χ1v) is 8.72. The van der Waals surface area contributed by atoms with Gasteiger partial charge in [-0.2, -0.15) is 5.10 Å². The molecule has 1 amide bonds. The number of hydrogen-bond donors (Lipinski definition) is 1. The van der Waals surface area contributed by atoms with E-state index in [-0.39, 0.29) is 11.2 Å². The van der Waals surface area contributed by atoms with Gasteiger partial charge in [0, 0.05) is 12.0 Å². The van der Waals surface area contributed by atoms with E-state index in [4.69, 9.17) is 10.8 Å². The van der Waals surface area contributed by atoms with E-state index in [1.54, 1.807) is 12.1 Å². The maximum atomic E-state index is 12.8. The summed E-state index contributed by atoms with van der Waals surface area (Å²) in [5, 5.41) is 4.77. The number of fused-ring (bicyclic) bond motifs is 1. The molecule has 0 fully saturated rings. The number of Topliss-reactive ketones (excluding diaryl/α,β-unsaturated/α-hetero) is 1. The zero-order valence-corrected chi connectivity index (χ0v) is 15.3. The number of nitrogens with two attached hydrogens (primary N) is 1. The second kappa shape index (κ2) is 6.14. The quantitative estimate of drug-likeness (QED) is 0.928. The second-order valence-corrected chi connectivity index (χ2v) is 8.13. The second-order valence-electron chi connectivity index (χ2n) is 8.13. The molecule has 1 aromatic carbocycles. The lowest BCUT2D eigenvalue weighted by atomic mass is 9.75. The number of ketones is 1. The van der Waals surface area contributed by atoms with Crippen LogP contribution >= 0.6 is 0 Å². The van der Waals surface area contributed by atoms with Crippen molar-refractivity contribution in [3.05, 3.63) is 46.8 Å². The van der Waals surface area contributed by atoms with Crippen molar-refractivity contribution in [2.45, 2.75) is 47.0 Å². The van der Waals surface area contributed by atoms with Gasteiger partial charge in [0.25, 0.3) is 0 Å². The summed E-state index contributed by atoms with van der Waals surface area (Å²) in [5.41, 5.74) is 9.20. The van der Waals surface area contributed by atoms with Gasteiger partial charge in [-0.1, -0.05) is 27.7 Å². The van der Waals surface area contributed by atoms with Crippen molar-refractivity contribution in [2.75, 3.05) is 0 Å². The van der Waals surface area contributed by atoms with Crippen molar-refractivity contribution in [1.82, 2.24) is 9.78 Å². The first kappa shape index (κ1) is 17.4. The molecule has 1 aliphatic carbocycles. The van der Waals surface area contributed by atoms with Crippen LogP contribution in [0.15, 0.2) is 24.3 Å². The Balaban J connectivity index is 2.13. The van der Waals surface area contributed by atoms with Crippen molar-refractivity contribution in [1.29, 1.82) is 0 Å². The van der Waals surface area contributed by atoms with Crippen LogP contribution in [-0.4, -0.2) is 21.5 Å². The molecule has 0 saturated carbocycles. The fourth-order valence-electron chi connectivity index (χ4n) is 3.54. The molecule has 5 heteroatoms. The van der Waals surface area contributed by atoms with Crippen molar-refractivity contribution >= 4 is 11.7 Å². The fraction of sp³-hybridized carbons (Fsp3) is 0.450. The van der Waals surface area contributed by atoms with E-state index >= 15 is 0 Å². The number of primary amides is 1. The third-order valence-electron chi connectivity index (χ3n) is 4.62. The molecule has 0 radical (unpaired) electrons. The number of amides is 1.